The molecule has 2 aromatic carbocycles. The molecule has 2 aromatic heterocycles. The Kier molecular flexibility index (Phi) is 5.91. The largest absolute Gasteiger partial charge is 0.324 e. The van der Waals surface area contributed by atoms with Crippen LogP contribution in [0, 0.1) is 11.7 Å². The molecule has 1 atom stereocenters. The Hall–Kier alpha value is -3.90. The average Bonchev–Trinajstić information content (AvgIpc) is 3.30. The SMILES string of the molecule is O=C(Nc1ccccc1-n1ncc2c(=O)[nH]cnc21)C1CCCN(S(=O)(=O)c2ccc(F)cc2)C1. The van der Waals surface area contributed by atoms with Crippen LogP contribution in [0.15, 0.2) is 70.7 Å². The molecule has 1 fully saturated rings. The van der Waals surface area contributed by atoms with Crippen molar-refractivity contribution >= 4 is 32.7 Å². The maximum atomic E-state index is 13.2. The summed E-state index contributed by atoms with van der Waals surface area (Å²) < 4.78 is 42.0. The second-order valence-corrected chi connectivity index (χ2v) is 10.1. The number of nitrogens with one attached hydrogen (secondary N) is 2. The zero-order valence-corrected chi connectivity index (χ0v) is 19.2. The molecule has 0 bridgehead atoms. The van der Waals surface area contributed by atoms with Crippen molar-refractivity contribution < 1.29 is 17.6 Å². The molecule has 0 saturated carbocycles. The maximum absolute atomic E-state index is 13.2. The third-order valence-corrected chi connectivity index (χ3v) is 7.85. The molecular weight excluding hydrogens is 475 g/mol. The predicted octanol–water partition coefficient (Wildman–Crippen LogP) is 2.29. The van der Waals surface area contributed by atoms with Gasteiger partial charge < -0.3 is 10.3 Å². The van der Waals surface area contributed by atoms with E-state index in [1.54, 1.807) is 24.3 Å². The molecular formula is C23H21FN6O4S. The van der Waals surface area contributed by atoms with Gasteiger partial charge in [0.05, 0.1) is 34.7 Å². The molecule has 10 nitrogen and oxygen atoms in total. The second-order valence-electron chi connectivity index (χ2n) is 8.19. The molecule has 1 aliphatic rings. The van der Waals surface area contributed by atoms with Gasteiger partial charge in [0.1, 0.15) is 11.2 Å². The number of hydrogen-bond donors (Lipinski definition) is 2. The molecule has 4 aromatic rings. The van der Waals surface area contributed by atoms with Crippen molar-refractivity contribution in [1.29, 1.82) is 0 Å². The number of nitrogens with zero attached hydrogens (tertiary/aromatic N) is 4. The summed E-state index contributed by atoms with van der Waals surface area (Å²) in [4.78, 5) is 31.9. The number of benzene rings is 2. The van der Waals surface area contributed by atoms with E-state index in [-0.39, 0.29) is 29.5 Å². The normalized spacial score (nSPS) is 16.9. The number of anilines is 1. The fraction of sp³-hybridized carbons (Fsp3) is 0.217. The lowest BCUT2D eigenvalue weighted by atomic mass is 9.98. The first kappa shape index (κ1) is 22.9. The highest BCUT2D eigenvalue weighted by molar-refractivity contribution is 7.89. The first-order chi connectivity index (χ1) is 16.8. The van der Waals surface area contributed by atoms with Crippen molar-refractivity contribution in [2.24, 2.45) is 5.92 Å². The lowest BCUT2D eigenvalue weighted by molar-refractivity contribution is -0.120. The first-order valence-corrected chi connectivity index (χ1v) is 12.4. The van der Waals surface area contributed by atoms with Gasteiger partial charge in [-0.25, -0.2) is 22.5 Å². The highest BCUT2D eigenvalue weighted by atomic mass is 32.2. The second kappa shape index (κ2) is 9.04. The van der Waals surface area contributed by atoms with E-state index in [2.05, 4.69) is 20.4 Å². The van der Waals surface area contributed by atoms with Crippen LogP contribution in [0.2, 0.25) is 0 Å². The number of amides is 1. The van der Waals surface area contributed by atoms with Gasteiger partial charge in [0.15, 0.2) is 5.65 Å². The Labute approximate surface area is 199 Å². The van der Waals surface area contributed by atoms with E-state index in [4.69, 9.17) is 0 Å². The summed E-state index contributed by atoms with van der Waals surface area (Å²) >= 11 is 0. The Balaban J connectivity index is 1.38. The van der Waals surface area contributed by atoms with Gasteiger partial charge in [-0.05, 0) is 49.2 Å². The van der Waals surface area contributed by atoms with Gasteiger partial charge in [0.2, 0.25) is 15.9 Å². The van der Waals surface area contributed by atoms with E-state index in [1.165, 1.54) is 33.6 Å². The van der Waals surface area contributed by atoms with Crippen LogP contribution in [0.3, 0.4) is 0 Å². The molecule has 0 radical (unpaired) electrons. The molecule has 0 spiro atoms. The van der Waals surface area contributed by atoms with Gasteiger partial charge in [0, 0.05) is 13.1 Å². The van der Waals surface area contributed by atoms with Crippen molar-refractivity contribution in [3.05, 3.63) is 77.2 Å². The molecule has 1 aliphatic heterocycles. The molecule has 5 rings (SSSR count). The van der Waals surface area contributed by atoms with Crippen molar-refractivity contribution in [3.63, 3.8) is 0 Å². The number of H-pyrrole nitrogens is 1. The summed E-state index contributed by atoms with van der Waals surface area (Å²) in [5.74, 6) is -1.44. The highest BCUT2D eigenvalue weighted by Crippen LogP contribution is 2.27. The number of carbonyl (C=O) groups is 1. The van der Waals surface area contributed by atoms with Gasteiger partial charge in [-0.15, -0.1) is 0 Å². The monoisotopic (exact) mass is 496 g/mol. The van der Waals surface area contributed by atoms with Crippen molar-refractivity contribution in [2.75, 3.05) is 18.4 Å². The van der Waals surface area contributed by atoms with Gasteiger partial charge in [-0.2, -0.15) is 9.40 Å². The summed E-state index contributed by atoms with van der Waals surface area (Å²) in [5, 5.41) is 7.45. The third-order valence-electron chi connectivity index (χ3n) is 5.97. The highest BCUT2D eigenvalue weighted by Gasteiger charge is 2.33. The summed E-state index contributed by atoms with van der Waals surface area (Å²) in [6.45, 7) is 0.287. The first-order valence-electron chi connectivity index (χ1n) is 10.9. The summed E-state index contributed by atoms with van der Waals surface area (Å²) in [5.41, 5.74) is 0.973. The molecule has 35 heavy (non-hydrogen) atoms. The number of para-hydroxylation sites is 2. The quantitative estimate of drug-likeness (QED) is 0.436. The molecule has 180 valence electrons. The average molecular weight is 497 g/mol. The Bertz CT molecular complexity index is 1560. The van der Waals surface area contributed by atoms with E-state index < -0.39 is 21.8 Å². The van der Waals surface area contributed by atoms with Gasteiger partial charge in [0.25, 0.3) is 5.56 Å². The van der Waals surface area contributed by atoms with Crippen LogP contribution in [0.25, 0.3) is 16.7 Å². The minimum Gasteiger partial charge on any atom is -0.324 e. The van der Waals surface area contributed by atoms with E-state index in [9.17, 15) is 22.4 Å². The zero-order valence-electron chi connectivity index (χ0n) is 18.4. The van der Waals surface area contributed by atoms with E-state index in [0.717, 1.165) is 12.1 Å². The number of fused-ring (bicyclic) bond motifs is 1. The van der Waals surface area contributed by atoms with Gasteiger partial charge in [-0.3, -0.25) is 9.59 Å². The standard InChI is InChI=1S/C23H21FN6O4S/c24-16-7-9-17(10-8-16)35(33,34)29-11-3-4-15(13-29)22(31)28-19-5-1-2-6-20(19)30-21-18(12-27-30)23(32)26-14-25-21/h1-2,5-10,12,14-15H,3-4,11,13H2,(H,28,31)(H,25,26,32). The predicted molar refractivity (Wildman–Crippen MR) is 126 cm³/mol. The number of aromatic amines is 1. The number of carbonyl (C=O) groups excluding carboxylic acids is 1. The Morgan fingerprint density at radius 3 is 2.71 bits per heavy atom. The zero-order chi connectivity index (χ0) is 24.6. The number of rotatable bonds is 5. The van der Waals surface area contributed by atoms with Gasteiger partial charge in [-0.1, -0.05) is 12.1 Å². The third kappa shape index (κ3) is 4.33. The summed E-state index contributed by atoms with van der Waals surface area (Å²) in [6, 6.07) is 11.6. The molecule has 12 heteroatoms. The number of halogens is 1. The molecule has 3 heterocycles. The van der Waals surface area contributed by atoms with E-state index in [0.29, 0.717) is 35.2 Å². The number of hydrogen-bond acceptors (Lipinski definition) is 6. The molecule has 1 unspecified atom stereocenters. The smallest absolute Gasteiger partial charge is 0.261 e. The van der Waals surface area contributed by atoms with E-state index >= 15 is 0 Å². The summed E-state index contributed by atoms with van der Waals surface area (Å²) in [7, 11) is -3.86. The van der Waals surface area contributed by atoms with Crippen molar-refractivity contribution in [1.82, 2.24) is 24.1 Å². The fourth-order valence-electron chi connectivity index (χ4n) is 4.16. The van der Waals surface area contributed by atoms with Crippen LogP contribution in [0.5, 0.6) is 0 Å². The van der Waals surface area contributed by atoms with Crippen LogP contribution in [0.4, 0.5) is 10.1 Å². The van der Waals surface area contributed by atoms with Crippen molar-refractivity contribution in [2.45, 2.75) is 17.7 Å². The lowest BCUT2D eigenvalue weighted by Crippen LogP contribution is -2.43. The topological polar surface area (TPSA) is 130 Å². The molecule has 1 amide bonds. The number of sulfonamides is 1. The fourth-order valence-corrected chi connectivity index (χ4v) is 5.69. The molecule has 2 N–H and O–H groups in total. The maximum Gasteiger partial charge on any atom is 0.261 e. The van der Waals surface area contributed by atoms with Crippen LogP contribution < -0.4 is 10.9 Å². The number of aromatic nitrogens is 4. The van der Waals surface area contributed by atoms with Crippen LogP contribution >= 0.6 is 0 Å². The van der Waals surface area contributed by atoms with Crippen LogP contribution in [-0.4, -0.2) is 51.5 Å². The lowest BCUT2D eigenvalue weighted by Gasteiger charge is -2.31. The van der Waals surface area contributed by atoms with E-state index in [1.807, 2.05) is 0 Å². The Morgan fingerprint density at radius 1 is 1.14 bits per heavy atom. The van der Waals surface area contributed by atoms with Crippen molar-refractivity contribution in [3.8, 4) is 5.69 Å². The van der Waals surface area contributed by atoms with Crippen LogP contribution in [0.1, 0.15) is 12.8 Å². The van der Waals surface area contributed by atoms with Gasteiger partial charge >= 0.3 is 0 Å². The Morgan fingerprint density at radius 2 is 1.91 bits per heavy atom. The minimum atomic E-state index is -3.86. The minimum absolute atomic E-state index is 0.00927. The number of piperidine rings is 1. The summed E-state index contributed by atoms with van der Waals surface area (Å²) in [6.07, 6.45) is 3.71. The van der Waals surface area contributed by atoms with Crippen LogP contribution in [-0.2, 0) is 14.8 Å². The molecule has 0 aliphatic carbocycles. The molecule has 1 saturated heterocycles.